The molecule has 10 nitrogen and oxygen atoms in total. The molecule has 0 saturated carbocycles. The fraction of sp³-hybridized carbons (Fsp3) is 0.385. The summed E-state index contributed by atoms with van der Waals surface area (Å²) in [5, 5.41) is 17.5. The van der Waals surface area contributed by atoms with E-state index >= 15 is 0 Å². The van der Waals surface area contributed by atoms with Crippen LogP contribution in [0.25, 0.3) is 0 Å². The van der Waals surface area contributed by atoms with Crippen LogP contribution in [-0.2, 0) is 16.0 Å². The summed E-state index contributed by atoms with van der Waals surface area (Å²) in [6.45, 7) is 2.33. The predicted molar refractivity (Wildman–Crippen MR) is 134 cm³/mol. The van der Waals surface area contributed by atoms with Crippen molar-refractivity contribution < 1.29 is 23.9 Å². The smallest absolute Gasteiger partial charge is 0.321 e. The number of urea groups is 1. The molecule has 1 atom stereocenters. The van der Waals surface area contributed by atoms with E-state index in [-0.39, 0.29) is 30.3 Å². The van der Waals surface area contributed by atoms with E-state index in [1.54, 1.807) is 61.6 Å². The fourth-order valence-corrected chi connectivity index (χ4v) is 4.03. The highest BCUT2D eigenvalue weighted by molar-refractivity contribution is 5.89. The van der Waals surface area contributed by atoms with Crippen molar-refractivity contribution in [2.75, 3.05) is 32.6 Å². The predicted octanol–water partition coefficient (Wildman–Crippen LogP) is 2.44. The Bertz CT molecular complexity index is 1100. The second-order valence-corrected chi connectivity index (χ2v) is 8.57. The molecule has 2 aromatic carbocycles. The molecule has 1 fully saturated rings. The van der Waals surface area contributed by atoms with Gasteiger partial charge in [-0.05, 0) is 54.8 Å². The van der Waals surface area contributed by atoms with Crippen LogP contribution in [0.15, 0.2) is 42.5 Å². The van der Waals surface area contributed by atoms with Gasteiger partial charge in [-0.2, -0.15) is 5.26 Å². The fourth-order valence-electron chi connectivity index (χ4n) is 4.03. The number of hydrogen-bond acceptors (Lipinski definition) is 6. The Balaban J connectivity index is 1.56. The highest BCUT2D eigenvalue weighted by Crippen LogP contribution is 2.23. The molecule has 0 aromatic heterocycles. The van der Waals surface area contributed by atoms with Crippen LogP contribution in [0.5, 0.6) is 11.5 Å². The average molecular weight is 494 g/mol. The zero-order chi connectivity index (χ0) is 26.1. The third kappa shape index (κ3) is 7.37. The Morgan fingerprint density at radius 2 is 1.67 bits per heavy atom. The van der Waals surface area contributed by atoms with Crippen molar-refractivity contribution in [2.24, 2.45) is 0 Å². The summed E-state index contributed by atoms with van der Waals surface area (Å²) in [6, 6.07) is 12.9. The zero-order valence-corrected chi connectivity index (χ0v) is 20.7. The van der Waals surface area contributed by atoms with Gasteiger partial charge in [0.05, 0.1) is 25.9 Å². The van der Waals surface area contributed by atoms with Crippen molar-refractivity contribution in [3.8, 4) is 17.6 Å². The molecule has 36 heavy (non-hydrogen) atoms. The Morgan fingerprint density at radius 1 is 1.06 bits per heavy atom. The second kappa shape index (κ2) is 12.4. The molecule has 0 radical (unpaired) electrons. The van der Waals surface area contributed by atoms with Crippen molar-refractivity contribution in [2.45, 2.75) is 38.3 Å². The molecule has 0 bridgehead atoms. The van der Waals surface area contributed by atoms with Gasteiger partial charge in [0.2, 0.25) is 11.8 Å². The van der Waals surface area contributed by atoms with Crippen molar-refractivity contribution in [1.82, 2.24) is 15.5 Å². The molecular weight excluding hydrogens is 462 g/mol. The number of methoxy groups -OCH3 is 2. The summed E-state index contributed by atoms with van der Waals surface area (Å²) < 4.78 is 10.6. The molecule has 1 saturated heterocycles. The number of benzene rings is 2. The molecule has 0 spiro atoms. The third-order valence-electron chi connectivity index (χ3n) is 5.94. The zero-order valence-electron chi connectivity index (χ0n) is 20.7. The maximum Gasteiger partial charge on any atom is 0.321 e. The minimum absolute atomic E-state index is 0.118. The number of carbonyl (C=O) groups is 3. The summed E-state index contributed by atoms with van der Waals surface area (Å²) in [6.07, 6.45) is 1.45. The Kier molecular flexibility index (Phi) is 9.11. The number of anilines is 1. The van der Waals surface area contributed by atoms with Crippen molar-refractivity contribution in [3.05, 3.63) is 53.6 Å². The normalized spacial score (nSPS) is 14.2. The first-order valence-electron chi connectivity index (χ1n) is 11.7. The van der Waals surface area contributed by atoms with E-state index in [2.05, 4.69) is 16.0 Å². The van der Waals surface area contributed by atoms with Crippen LogP contribution in [0.4, 0.5) is 10.5 Å². The van der Waals surface area contributed by atoms with Crippen molar-refractivity contribution >= 4 is 23.5 Å². The standard InChI is InChI=1S/C26H31N5O5/c1-17(32)28-24(14-19-12-22(35-2)15-23(13-19)36-3)25(33)29-21-8-10-31(11-9-21)26(34)30-20-6-4-18(16-27)5-7-20/h4-7,12-13,15,21,24H,8-11,14H2,1-3H3,(H,28,32)(H,29,33)(H,30,34). The molecule has 1 heterocycles. The second-order valence-electron chi connectivity index (χ2n) is 8.57. The molecule has 190 valence electrons. The summed E-state index contributed by atoms with van der Waals surface area (Å²) in [7, 11) is 3.10. The molecule has 3 N–H and O–H groups in total. The molecule has 10 heteroatoms. The molecule has 0 aliphatic carbocycles. The number of likely N-dealkylation sites (tertiary alicyclic amines) is 1. The Morgan fingerprint density at radius 3 is 2.19 bits per heavy atom. The maximum absolute atomic E-state index is 13.1. The topological polar surface area (TPSA) is 133 Å². The van der Waals surface area contributed by atoms with E-state index in [0.29, 0.717) is 48.7 Å². The quantitative estimate of drug-likeness (QED) is 0.517. The van der Waals surface area contributed by atoms with Gasteiger partial charge in [0.1, 0.15) is 17.5 Å². The van der Waals surface area contributed by atoms with E-state index in [4.69, 9.17) is 14.7 Å². The molecule has 1 aliphatic rings. The van der Waals surface area contributed by atoms with E-state index in [0.717, 1.165) is 5.56 Å². The van der Waals surface area contributed by atoms with Crippen LogP contribution in [0.1, 0.15) is 30.9 Å². The molecular formula is C26H31N5O5. The highest BCUT2D eigenvalue weighted by Gasteiger charge is 2.27. The molecule has 1 unspecified atom stereocenters. The van der Waals surface area contributed by atoms with Crippen molar-refractivity contribution in [1.29, 1.82) is 5.26 Å². The van der Waals surface area contributed by atoms with Crippen molar-refractivity contribution in [3.63, 3.8) is 0 Å². The van der Waals surface area contributed by atoms with E-state index < -0.39 is 6.04 Å². The summed E-state index contributed by atoms with van der Waals surface area (Å²) >= 11 is 0. The van der Waals surface area contributed by atoms with Crippen LogP contribution in [0, 0.1) is 11.3 Å². The number of amides is 4. The Labute approximate surface area is 210 Å². The van der Waals surface area contributed by atoms with Gasteiger partial charge in [-0.1, -0.05) is 0 Å². The van der Waals surface area contributed by atoms with Gasteiger partial charge < -0.3 is 30.3 Å². The third-order valence-corrected chi connectivity index (χ3v) is 5.94. The van der Waals surface area contributed by atoms with Crippen LogP contribution in [-0.4, -0.2) is 62.1 Å². The molecule has 4 amide bonds. The summed E-state index contributed by atoms with van der Waals surface area (Å²) in [4.78, 5) is 39.1. The lowest BCUT2D eigenvalue weighted by atomic mass is 10.0. The number of nitrogens with zero attached hydrogens (tertiary/aromatic N) is 2. The largest absolute Gasteiger partial charge is 0.497 e. The van der Waals surface area contributed by atoms with Gasteiger partial charge in [-0.15, -0.1) is 0 Å². The maximum atomic E-state index is 13.1. The van der Waals surface area contributed by atoms with Gasteiger partial charge in [0.15, 0.2) is 0 Å². The van der Waals surface area contributed by atoms with E-state index in [1.165, 1.54) is 6.92 Å². The number of nitrogens with one attached hydrogen (secondary N) is 3. The minimum atomic E-state index is -0.767. The van der Waals surface area contributed by atoms with Gasteiger partial charge in [0, 0.05) is 44.2 Å². The van der Waals surface area contributed by atoms with Gasteiger partial charge in [-0.25, -0.2) is 4.79 Å². The molecule has 1 aliphatic heterocycles. The number of carbonyl (C=O) groups excluding carboxylic acids is 3. The van der Waals surface area contributed by atoms with Crippen LogP contribution < -0.4 is 25.4 Å². The molecule has 2 aromatic rings. The van der Waals surface area contributed by atoms with Gasteiger partial charge in [0.25, 0.3) is 0 Å². The number of ether oxygens (including phenoxy) is 2. The Hall–Kier alpha value is -4.26. The van der Waals surface area contributed by atoms with Crippen LogP contribution >= 0.6 is 0 Å². The van der Waals surface area contributed by atoms with Gasteiger partial charge >= 0.3 is 6.03 Å². The number of nitriles is 1. The first kappa shape index (κ1) is 26.3. The SMILES string of the molecule is COc1cc(CC(NC(C)=O)C(=O)NC2CCN(C(=O)Nc3ccc(C#N)cc3)CC2)cc(OC)c1. The number of piperidine rings is 1. The lowest BCUT2D eigenvalue weighted by Gasteiger charge is -2.33. The van der Waals surface area contributed by atoms with E-state index in [1.807, 2.05) is 6.07 Å². The van der Waals surface area contributed by atoms with Crippen LogP contribution in [0.3, 0.4) is 0 Å². The number of hydrogen-bond donors (Lipinski definition) is 3. The first-order chi connectivity index (χ1) is 17.3. The molecule has 3 rings (SSSR count). The summed E-state index contributed by atoms with van der Waals surface area (Å²) in [5.74, 6) is 0.600. The first-order valence-corrected chi connectivity index (χ1v) is 11.7. The monoisotopic (exact) mass is 493 g/mol. The lowest BCUT2D eigenvalue weighted by Crippen LogP contribution is -2.53. The lowest BCUT2D eigenvalue weighted by molar-refractivity contribution is -0.128. The van der Waals surface area contributed by atoms with Gasteiger partial charge in [-0.3, -0.25) is 9.59 Å². The van der Waals surface area contributed by atoms with Crippen LogP contribution in [0.2, 0.25) is 0 Å². The highest BCUT2D eigenvalue weighted by atomic mass is 16.5. The average Bonchev–Trinajstić information content (AvgIpc) is 2.88. The number of rotatable bonds is 8. The minimum Gasteiger partial charge on any atom is -0.497 e. The van der Waals surface area contributed by atoms with E-state index in [9.17, 15) is 14.4 Å². The summed E-state index contributed by atoms with van der Waals surface area (Å²) in [5.41, 5.74) is 1.92.